The first-order valence-corrected chi connectivity index (χ1v) is 5.01. The molecule has 1 aromatic carbocycles. The van der Waals surface area contributed by atoms with Crippen LogP contribution in [0.2, 0.25) is 0 Å². The van der Waals surface area contributed by atoms with Crippen LogP contribution in [0, 0.1) is 0 Å². The van der Waals surface area contributed by atoms with E-state index in [0.29, 0.717) is 6.42 Å². The lowest BCUT2D eigenvalue weighted by Gasteiger charge is -2.00. The maximum Gasteiger partial charge on any atom is 0.305 e. The number of esters is 1. The Morgan fingerprint density at radius 3 is 2.53 bits per heavy atom. The molecule has 0 bridgehead atoms. The van der Waals surface area contributed by atoms with Gasteiger partial charge in [-0.05, 0) is 18.9 Å². The number of carbonyl (C=O) groups is 1. The van der Waals surface area contributed by atoms with Crippen LogP contribution in [0.25, 0.3) is 6.08 Å². The van der Waals surface area contributed by atoms with Crippen LogP contribution in [0.3, 0.4) is 0 Å². The van der Waals surface area contributed by atoms with Gasteiger partial charge in [-0.2, -0.15) is 0 Å². The van der Waals surface area contributed by atoms with Crippen molar-refractivity contribution in [3.63, 3.8) is 0 Å². The van der Waals surface area contributed by atoms with Crippen LogP contribution in [-0.2, 0) is 9.53 Å². The van der Waals surface area contributed by atoms with Crippen molar-refractivity contribution in [2.75, 3.05) is 7.11 Å². The van der Waals surface area contributed by atoms with E-state index in [2.05, 4.69) is 10.8 Å². The first-order chi connectivity index (χ1) is 7.22. The van der Waals surface area contributed by atoms with E-state index in [4.69, 9.17) is 0 Å². The molecule has 0 atom stereocenters. The molecule has 0 N–H and O–H groups in total. The van der Waals surface area contributed by atoms with Gasteiger partial charge >= 0.3 is 5.97 Å². The van der Waals surface area contributed by atoms with Gasteiger partial charge in [0, 0.05) is 6.42 Å². The topological polar surface area (TPSA) is 26.3 Å². The molecule has 0 fully saturated rings. The molecular formula is C13H16O2. The molecule has 2 heteroatoms. The second-order valence-corrected chi connectivity index (χ2v) is 3.48. The molecule has 15 heavy (non-hydrogen) atoms. The van der Waals surface area contributed by atoms with Crippen LogP contribution in [0.4, 0.5) is 0 Å². The monoisotopic (exact) mass is 204 g/mol. The molecule has 0 radical (unpaired) electrons. The lowest BCUT2D eigenvalue weighted by Crippen LogP contribution is -1.99. The molecule has 0 aliphatic rings. The SMILES string of the molecule is COC(=O)CCC(C)=Cc1ccccc1. The normalized spacial score (nSPS) is 11.2. The summed E-state index contributed by atoms with van der Waals surface area (Å²) >= 11 is 0. The minimum absolute atomic E-state index is 0.157. The lowest BCUT2D eigenvalue weighted by atomic mass is 10.1. The summed E-state index contributed by atoms with van der Waals surface area (Å²) in [5.41, 5.74) is 2.35. The van der Waals surface area contributed by atoms with Crippen molar-refractivity contribution in [2.45, 2.75) is 19.8 Å². The number of hydrogen-bond acceptors (Lipinski definition) is 2. The number of allylic oxidation sites excluding steroid dienone is 1. The number of ether oxygens (including phenoxy) is 1. The third-order valence-electron chi connectivity index (χ3n) is 2.16. The largest absolute Gasteiger partial charge is 0.469 e. The first-order valence-electron chi connectivity index (χ1n) is 5.01. The van der Waals surface area contributed by atoms with Gasteiger partial charge in [-0.3, -0.25) is 4.79 Å². The second kappa shape index (κ2) is 6.02. The number of carbonyl (C=O) groups excluding carboxylic acids is 1. The highest BCUT2D eigenvalue weighted by Gasteiger charge is 2.00. The molecule has 1 aromatic rings. The Morgan fingerprint density at radius 1 is 1.27 bits per heavy atom. The number of rotatable bonds is 4. The van der Waals surface area contributed by atoms with Gasteiger partial charge in [0.15, 0.2) is 0 Å². The molecule has 0 heterocycles. The fraction of sp³-hybridized carbons (Fsp3) is 0.308. The minimum atomic E-state index is -0.157. The molecular weight excluding hydrogens is 188 g/mol. The van der Waals surface area contributed by atoms with Crippen molar-refractivity contribution in [1.82, 2.24) is 0 Å². The predicted octanol–water partition coefficient (Wildman–Crippen LogP) is 3.04. The van der Waals surface area contributed by atoms with Gasteiger partial charge in [0.05, 0.1) is 7.11 Å². The molecule has 0 aliphatic heterocycles. The van der Waals surface area contributed by atoms with E-state index < -0.39 is 0 Å². The van der Waals surface area contributed by atoms with Crippen molar-refractivity contribution >= 4 is 12.0 Å². The van der Waals surface area contributed by atoms with E-state index in [1.54, 1.807) is 0 Å². The smallest absolute Gasteiger partial charge is 0.305 e. The van der Waals surface area contributed by atoms with Gasteiger partial charge in [-0.15, -0.1) is 0 Å². The van der Waals surface area contributed by atoms with Gasteiger partial charge in [0.2, 0.25) is 0 Å². The molecule has 1 rings (SSSR count). The van der Waals surface area contributed by atoms with Crippen LogP contribution in [0.15, 0.2) is 35.9 Å². The van der Waals surface area contributed by atoms with Gasteiger partial charge in [0.1, 0.15) is 0 Å². The molecule has 0 saturated carbocycles. The Balaban J connectivity index is 2.50. The average molecular weight is 204 g/mol. The van der Waals surface area contributed by atoms with Crippen molar-refractivity contribution < 1.29 is 9.53 Å². The van der Waals surface area contributed by atoms with E-state index in [1.807, 2.05) is 37.3 Å². The van der Waals surface area contributed by atoms with Crippen molar-refractivity contribution in [3.05, 3.63) is 41.5 Å². The van der Waals surface area contributed by atoms with Crippen LogP contribution < -0.4 is 0 Å². The summed E-state index contributed by atoms with van der Waals surface area (Å²) in [7, 11) is 1.42. The van der Waals surface area contributed by atoms with E-state index in [9.17, 15) is 4.79 Å². The Morgan fingerprint density at radius 2 is 1.93 bits per heavy atom. The van der Waals surface area contributed by atoms with Crippen molar-refractivity contribution in [2.24, 2.45) is 0 Å². The average Bonchev–Trinajstić information content (AvgIpc) is 2.27. The highest BCUT2D eigenvalue weighted by molar-refractivity contribution is 5.69. The Hall–Kier alpha value is -1.57. The second-order valence-electron chi connectivity index (χ2n) is 3.48. The van der Waals surface area contributed by atoms with Gasteiger partial charge in [-0.1, -0.05) is 42.0 Å². The Bertz CT molecular complexity index is 339. The third-order valence-corrected chi connectivity index (χ3v) is 2.16. The predicted molar refractivity (Wildman–Crippen MR) is 61.3 cm³/mol. The van der Waals surface area contributed by atoms with E-state index in [1.165, 1.54) is 18.2 Å². The van der Waals surface area contributed by atoms with Gasteiger partial charge < -0.3 is 4.74 Å². The lowest BCUT2D eigenvalue weighted by molar-refractivity contribution is -0.140. The zero-order chi connectivity index (χ0) is 11.1. The van der Waals surface area contributed by atoms with E-state index in [-0.39, 0.29) is 5.97 Å². The third kappa shape index (κ3) is 4.45. The van der Waals surface area contributed by atoms with Crippen LogP contribution in [0.1, 0.15) is 25.3 Å². The van der Waals surface area contributed by atoms with Crippen LogP contribution in [-0.4, -0.2) is 13.1 Å². The summed E-state index contributed by atoms with van der Waals surface area (Å²) in [5.74, 6) is -0.157. The first kappa shape index (κ1) is 11.5. The maximum atomic E-state index is 10.9. The van der Waals surface area contributed by atoms with Crippen LogP contribution in [0.5, 0.6) is 0 Å². The number of methoxy groups -OCH3 is 1. The van der Waals surface area contributed by atoms with Crippen LogP contribution >= 0.6 is 0 Å². The maximum absolute atomic E-state index is 10.9. The highest BCUT2D eigenvalue weighted by atomic mass is 16.5. The summed E-state index contributed by atoms with van der Waals surface area (Å²) in [5, 5.41) is 0. The summed E-state index contributed by atoms with van der Waals surface area (Å²) in [6.45, 7) is 2.02. The number of benzene rings is 1. The minimum Gasteiger partial charge on any atom is -0.469 e. The highest BCUT2D eigenvalue weighted by Crippen LogP contribution is 2.11. The van der Waals surface area contributed by atoms with E-state index in [0.717, 1.165) is 6.42 Å². The molecule has 0 saturated heterocycles. The van der Waals surface area contributed by atoms with Gasteiger partial charge in [0.25, 0.3) is 0 Å². The molecule has 0 spiro atoms. The fourth-order valence-corrected chi connectivity index (χ4v) is 1.31. The quantitative estimate of drug-likeness (QED) is 0.704. The molecule has 0 aliphatic carbocycles. The molecule has 2 nitrogen and oxygen atoms in total. The van der Waals surface area contributed by atoms with Crippen molar-refractivity contribution in [1.29, 1.82) is 0 Å². The number of hydrogen-bond donors (Lipinski definition) is 0. The molecule has 0 unspecified atom stereocenters. The Kier molecular flexibility index (Phi) is 4.61. The zero-order valence-corrected chi connectivity index (χ0v) is 9.19. The summed E-state index contributed by atoms with van der Waals surface area (Å²) in [6.07, 6.45) is 3.29. The summed E-state index contributed by atoms with van der Waals surface area (Å²) in [4.78, 5) is 10.9. The summed E-state index contributed by atoms with van der Waals surface area (Å²) < 4.78 is 4.58. The van der Waals surface area contributed by atoms with Crippen molar-refractivity contribution in [3.8, 4) is 0 Å². The Labute approximate surface area is 90.6 Å². The fourth-order valence-electron chi connectivity index (χ4n) is 1.31. The summed E-state index contributed by atoms with van der Waals surface area (Å²) in [6, 6.07) is 10.1. The molecule has 0 aromatic heterocycles. The standard InChI is InChI=1S/C13H16O2/c1-11(8-9-13(14)15-2)10-12-6-4-3-5-7-12/h3-7,10H,8-9H2,1-2H3. The van der Waals surface area contributed by atoms with E-state index >= 15 is 0 Å². The zero-order valence-electron chi connectivity index (χ0n) is 9.19. The van der Waals surface area contributed by atoms with Gasteiger partial charge in [-0.25, -0.2) is 0 Å². The molecule has 80 valence electrons. The molecule has 0 amide bonds.